The van der Waals surface area contributed by atoms with Crippen LogP contribution in [0.5, 0.6) is 0 Å². The van der Waals surface area contributed by atoms with Crippen LogP contribution in [0.25, 0.3) is 10.9 Å². The van der Waals surface area contributed by atoms with Crippen LogP contribution < -0.4 is 5.73 Å². The van der Waals surface area contributed by atoms with E-state index in [2.05, 4.69) is 9.97 Å². The fraction of sp³-hybridized carbons (Fsp3) is 0.111. The predicted molar refractivity (Wildman–Crippen MR) is 48.7 cm³/mol. The highest BCUT2D eigenvalue weighted by atomic mass is 14.9. The zero-order valence-corrected chi connectivity index (χ0v) is 6.78. The summed E-state index contributed by atoms with van der Waals surface area (Å²) >= 11 is 0. The molecule has 3 heteroatoms. The van der Waals surface area contributed by atoms with Crippen LogP contribution in [0.1, 0.15) is 5.56 Å². The van der Waals surface area contributed by atoms with Crippen molar-refractivity contribution in [2.75, 3.05) is 5.73 Å². The molecule has 0 saturated heterocycles. The molecule has 0 spiro atoms. The van der Waals surface area contributed by atoms with Crippen LogP contribution in [-0.2, 0) is 0 Å². The first-order valence-electron chi connectivity index (χ1n) is 3.75. The molecular weight excluding hydrogens is 150 g/mol. The molecule has 3 nitrogen and oxygen atoms in total. The lowest BCUT2D eigenvalue weighted by Gasteiger charge is -2.01. The van der Waals surface area contributed by atoms with Gasteiger partial charge in [-0.05, 0) is 18.6 Å². The maximum Gasteiger partial charge on any atom is 0.149 e. The second kappa shape index (κ2) is 2.44. The van der Waals surface area contributed by atoms with Crippen LogP contribution in [0.3, 0.4) is 0 Å². The molecule has 2 heterocycles. The summed E-state index contributed by atoms with van der Waals surface area (Å²) in [6.07, 6.45) is 3.49. The zero-order chi connectivity index (χ0) is 8.55. The quantitative estimate of drug-likeness (QED) is 0.634. The normalized spacial score (nSPS) is 10.4. The summed E-state index contributed by atoms with van der Waals surface area (Å²) < 4.78 is 0. The summed E-state index contributed by atoms with van der Waals surface area (Å²) in [5, 5.41) is 1.07. The summed E-state index contributed by atoms with van der Waals surface area (Å²) in [6.45, 7) is 2.00. The van der Waals surface area contributed by atoms with E-state index in [-0.39, 0.29) is 0 Å². The fourth-order valence-corrected chi connectivity index (χ4v) is 1.22. The zero-order valence-electron chi connectivity index (χ0n) is 6.78. The summed E-state index contributed by atoms with van der Waals surface area (Å²) in [4.78, 5) is 8.18. The Kier molecular flexibility index (Phi) is 1.43. The van der Waals surface area contributed by atoms with E-state index in [1.54, 1.807) is 12.4 Å². The van der Waals surface area contributed by atoms with Gasteiger partial charge in [0, 0.05) is 17.8 Å². The van der Waals surface area contributed by atoms with Crippen LogP contribution >= 0.6 is 0 Å². The Balaban J connectivity index is 2.95. The number of anilines is 1. The second-order valence-corrected chi connectivity index (χ2v) is 2.73. The van der Waals surface area contributed by atoms with Gasteiger partial charge in [-0.15, -0.1) is 0 Å². The van der Waals surface area contributed by atoms with Gasteiger partial charge in [-0.3, -0.25) is 4.98 Å². The molecule has 0 atom stereocenters. The lowest BCUT2D eigenvalue weighted by atomic mass is 10.2. The van der Waals surface area contributed by atoms with Crippen molar-refractivity contribution in [2.45, 2.75) is 6.92 Å². The SMILES string of the molecule is Cc1cnc(N)c2ncccc12. The molecule has 0 radical (unpaired) electrons. The molecule has 0 aliphatic carbocycles. The van der Waals surface area contributed by atoms with E-state index in [0.717, 1.165) is 16.5 Å². The van der Waals surface area contributed by atoms with Crippen molar-refractivity contribution in [3.8, 4) is 0 Å². The second-order valence-electron chi connectivity index (χ2n) is 2.73. The van der Waals surface area contributed by atoms with Crippen LogP contribution in [0, 0.1) is 6.92 Å². The molecule has 2 N–H and O–H groups in total. The smallest absolute Gasteiger partial charge is 0.149 e. The van der Waals surface area contributed by atoms with Crippen LogP contribution in [0.2, 0.25) is 0 Å². The van der Waals surface area contributed by atoms with Gasteiger partial charge in [0.2, 0.25) is 0 Å². The van der Waals surface area contributed by atoms with Gasteiger partial charge >= 0.3 is 0 Å². The number of aryl methyl sites for hydroxylation is 1. The van der Waals surface area contributed by atoms with Gasteiger partial charge in [-0.25, -0.2) is 4.98 Å². The predicted octanol–water partition coefficient (Wildman–Crippen LogP) is 1.52. The van der Waals surface area contributed by atoms with Gasteiger partial charge in [-0.2, -0.15) is 0 Å². The van der Waals surface area contributed by atoms with E-state index >= 15 is 0 Å². The molecule has 2 aromatic rings. The summed E-state index contributed by atoms with van der Waals surface area (Å²) in [7, 11) is 0. The summed E-state index contributed by atoms with van der Waals surface area (Å²) in [6, 6.07) is 3.89. The molecule has 0 aromatic carbocycles. The number of hydrogen-bond acceptors (Lipinski definition) is 3. The monoisotopic (exact) mass is 159 g/mol. The number of rotatable bonds is 0. The lowest BCUT2D eigenvalue weighted by molar-refractivity contribution is 1.28. The van der Waals surface area contributed by atoms with E-state index in [4.69, 9.17) is 5.73 Å². The molecule has 12 heavy (non-hydrogen) atoms. The number of nitrogens with zero attached hydrogens (tertiary/aromatic N) is 2. The van der Waals surface area contributed by atoms with Gasteiger partial charge in [-0.1, -0.05) is 6.07 Å². The van der Waals surface area contributed by atoms with Crippen molar-refractivity contribution in [3.05, 3.63) is 30.1 Å². The number of nitrogen functional groups attached to an aromatic ring is 1. The largest absolute Gasteiger partial charge is 0.382 e. The standard InChI is InChI=1S/C9H9N3/c1-6-5-12-9(10)8-7(6)3-2-4-11-8/h2-5H,1H3,(H2,10,12). The van der Waals surface area contributed by atoms with Crippen LogP contribution in [0.15, 0.2) is 24.5 Å². The Morgan fingerprint density at radius 1 is 1.33 bits per heavy atom. The van der Waals surface area contributed by atoms with Crippen molar-refractivity contribution in [1.29, 1.82) is 0 Å². The Bertz CT molecular complexity index is 383. The molecular formula is C9H9N3. The maximum absolute atomic E-state index is 5.65. The molecule has 0 saturated carbocycles. The first kappa shape index (κ1) is 7.03. The van der Waals surface area contributed by atoms with Crippen molar-refractivity contribution < 1.29 is 0 Å². The van der Waals surface area contributed by atoms with Gasteiger partial charge in [0.25, 0.3) is 0 Å². The summed E-state index contributed by atoms with van der Waals surface area (Å²) in [5.74, 6) is 0.496. The third kappa shape index (κ3) is 0.906. The topological polar surface area (TPSA) is 51.8 Å². The van der Waals surface area contributed by atoms with E-state index in [1.807, 2.05) is 19.1 Å². The van der Waals surface area contributed by atoms with Gasteiger partial charge in [0.05, 0.1) is 0 Å². The van der Waals surface area contributed by atoms with Crippen molar-refractivity contribution in [2.24, 2.45) is 0 Å². The molecule has 0 fully saturated rings. The van der Waals surface area contributed by atoms with E-state index in [0.29, 0.717) is 5.82 Å². The van der Waals surface area contributed by atoms with Gasteiger partial charge in [0.15, 0.2) is 0 Å². The molecule has 2 aromatic heterocycles. The van der Waals surface area contributed by atoms with Gasteiger partial charge in [0.1, 0.15) is 11.3 Å². The number of hydrogen-bond donors (Lipinski definition) is 1. The fourth-order valence-electron chi connectivity index (χ4n) is 1.22. The minimum Gasteiger partial charge on any atom is -0.382 e. The third-order valence-corrected chi connectivity index (χ3v) is 1.87. The summed E-state index contributed by atoms with van der Waals surface area (Å²) in [5.41, 5.74) is 7.54. The number of aromatic nitrogens is 2. The average Bonchev–Trinajstić information content (AvgIpc) is 2.12. The Hall–Kier alpha value is -1.64. The number of fused-ring (bicyclic) bond motifs is 1. The molecule has 0 unspecified atom stereocenters. The molecule has 2 rings (SSSR count). The first-order valence-corrected chi connectivity index (χ1v) is 3.75. The van der Waals surface area contributed by atoms with E-state index < -0.39 is 0 Å². The van der Waals surface area contributed by atoms with Crippen molar-refractivity contribution in [1.82, 2.24) is 9.97 Å². The average molecular weight is 159 g/mol. The maximum atomic E-state index is 5.65. The Morgan fingerprint density at radius 3 is 2.92 bits per heavy atom. The number of pyridine rings is 2. The third-order valence-electron chi connectivity index (χ3n) is 1.87. The molecule has 0 amide bonds. The minimum atomic E-state index is 0.496. The molecule has 0 aliphatic heterocycles. The minimum absolute atomic E-state index is 0.496. The molecule has 0 aliphatic rings. The van der Waals surface area contributed by atoms with Crippen molar-refractivity contribution in [3.63, 3.8) is 0 Å². The highest BCUT2D eigenvalue weighted by Crippen LogP contribution is 2.18. The van der Waals surface area contributed by atoms with Gasteiger partial charge < -0.3 is 5.73 Å². The van der Waals surface area contributed by atoms with Crippen molar-refractivity contribution >= 4 is 16.7 Å². The van der Waals surface area contributed by atoms with E-state index in [1.165, 1.54) is 0 Å². The highest BCUT2D eigenvalue weighted by Gasteiger charge is 2.00. The first-order chi connectivity index (χ1) is 5.79. The highest BCUT2D eigenvalue weighted by molar-refractivity contribution is 5.89. The molecule has 0 bridgehead atoms. The number of nitrogens with two attached hydrogens (primary N) is 1. The Labute approximate surface area is 70.3 Å². The van der Waals surface area contributed by atoms with Crippen LogP contribution in [0.4, 0.5) is 5.82 Å². The Morgan fingerprint density at radius 2 is 2.17 bits per heavy atom. The van der Waals surface area contributed by atoms with Crippen LogP contribution in [-0.4, -0.2) is 9.97 Å². The van der Waals surface area contributed by atoms with E-state index in [9.17, 15) is 0 Å². The lowest BCUT2D eigenvalue weighted by Crippen LogP contribution is -1.94. The molecule has 60 valence electrons.